The summed E-state index contributed by atoms with van der Waals surface area (Å²) in [5.74, 6) is 1.16. The van der Waals surface area contributed by atoms with Crippen LogP contribution in [0.4, 0.5) is 0 Å². The number of nitrogens with one attached hydrogen (secondary N) is 1. The maximum Gasteiger partial charge on any atom is 0.0616 e. The molecule has 0 bridgehead atoms. The molecule has 2 atom stereocenters. The second-order valence-electron chi connectivity index (χ2n) is 4.98. The highest BCUT2D eigenvalue weighted by atomic mass is 35.5. The van der Waals surface area contributed by atoms with E-state index < -0.39 is 0 Å². The van der Waals surface area contributed by atoms with Gasteiger partial charge >= 0.3 is 0 Å². The summed E-state index contributed by atoms with van der Waals surface area (Å²) >= 11 is 8.06. The molecule has 106 valence electrons. The summed E-state index contributed by atoms with van der Waals surface area (Å²) in [7, 11) is 1.77. The summed E-state index contributed by atoms with van der Waals surface area (Å²) < 4.78 is 5.32. The van der Waals surface area contributed by atoms with E-state index in [0.717, 1.165) is 30.2 Å². The van der Waals surface area contributed by atoms with Crippen molar-refractivity contribution < 1.29 is 4.74 Å². The maximum absolute atomic E-state index is 6.14. The summed E-state index contributed by atoms with van der Waals surface area (Å²) in [5.41, 5.74) is 1.35. The average Bonchev–Trinajstić information content (AvgIpc) is 2.40. The third kappa shape index (κ3) is 4.12. The first kappa shape index (κ1) is 15.2. The molecular weight excluding hydrogens is 278 g/mol. The molecule has 0 spiro atoms. The molecule has 0 amide bonds. The highest BCUT2D eigenvalue weighted by molar-refractivity contribution is 7.99. The molecular formula is C15H22ClNOS. The molecule has 0 aliphatic carbocycles. The molecule has 0 saturated carbocycles. The summed E-state index contributed by atoms with van der Waals surface area (Å²) in [6.07, 6.45) is 3.47. The molecule has 1 aromatic carbocycles. The van der Waals surface area contributed by atoms with E-state index in [1.165, 1.54) is 16.9 Å². The van der Waals surface area contributed by atoms with Crippen LogP contribution in [0.2, 0.25) is 5.02 Å². The number of methoxy groups -OCH3 is 1. The van der Waals surface area contributed by atoms with Gasteiger partial charge in [0.25, 0.3) is 0 Å². The minimum absolute atomic E-state index is 0.404. The van der Waals surface area contributed by atoms with Gasteiger partial charge in [0.1, 0.15) is 0 Å². The van der Waals surface area contributed by atoms with Crippen molar-refractivity contribution in [3.05, 3.63) is 28.8 Å². The molecule has 0 aromatic heterocycles. The zero-order valence-corrected chi connectivity index (χ0v) is 13.2. The van der Waals surface area contributed by atoms with Gasteiger partial charge in [-0.25, -0.2) is 0 Å². The zero-order valence-electron chi connectivity index (χ0n) is 11.6. The Labute approximate surface area is 125 Å². The van der Waals surface area contributed by atoms with Crippen LogP contribution in [0.1, 0.15) is 37.8 Å². The van der Waals surface area contributed by atoms with Gasteiger partial charge in [0, 0.05) is 29.1 Å². The molecule has 1 aromatic rings. The van der Waals surface area contributed by atoms with Gasteiger partial charge in [-0.15, -0.1) is 11.8 Å². The Morgan fingerprint density at radius 1 is 1.53 bits per heavy atom. The first-order chi connectivity index (χ1) is 9.24. The average molecular weight is 300 g/mol. The van der Waals surface area contributed by atoms with E-state index >= 15 is 0 Å². The molecule has 1 aliphatic heterocycles. The van der Waals surface area contributed by atoms with E-state index in [-0.39, 0.29) is 0 Å². The van der Waals surface area contributed by atoms with E-state index in [0.29, 0.717) is 12.1 Å². The fraction of sp³-hybridized carbons (Fsp3) is 0.600. The minimum atomic E-state index is 0.404. The lowest BCUT2D eigenvalue weighted by atomic mass is 10.0. The SMILES string of the molecule is CCCC(COC)NC1CCSc2ccc(Cl)cc21. The molecule has 4 heteroatoms. The van der Waals surface area contributed by atoms with Gasteiger partial charge in [-0.1, -0.05) is 24.9 Å². The fourth-order valence-electron chi connectivity index (χ4n) is 2.59. The molecule has 1 heterocycles. The number of benzene rings is 1. The van der Waals surface area contributed by atoms with Crippen molar-refractivity contribution in [3.63, 3.8) is 0 Å². The molecule has 1 aliphatic rings. The third-order valence-corrected chi connectivity index (χ3v) is 4.81. The van der Waals surface area contributed by atoms with Crippen molar-refractivity contribution in [1.82, 2.24) is 5.32 Å². The second kappa shape index (κ2) is 7.53. The van der Waals surface area contributed by atoms with Gasteiger partial charge in [-0.2, -0.15) is 0 Å². The first-order valence-corrected chi connectivity index (χ1v) is 8.28. The normalized spacial score (nSPS) is 20.1. The smallest absolute Gasteiger partial charge is 0.0616 e. The summed E-state index contributed by atoms with van der Waals surface area (Å²) in [5, 5.41) is 4.57. The quantitative estimate of drug-likeness (QED) is 0.847. The Kier molecular flexibility index (Phi) is 6.02. The van der Waals surface area contributed by atoms with Gasteiger partial charge in [-0.05, 0) is 42.4 Å². The standard InChI is InChI=1S/C15H22ClNOS/c1-3-4-12(10-18-2)17-14-7-8-19-15-6-5-11(16)9-13(14)15/h5-6,9,12,14,17H,3-4,7-8,10H2,1-2H3. The van der Waals surface area contributed by atoms with Gasteiger partial charge in [0.2, 0.25) is 0 Å². The number of rotatable bonds is 6. The highest BCUT2D eigenvalue weighted by Gasteiger charge is 2.23. The summed E-state index contributed by atoms with van der Waals surface area (Å²) in [6, 6.07) is 7.06. The zero-order chi connectivity index (χ0) is 13.7. The Morgan fingerprint density at radius 3 is 3.11 bits per heavy atom. The van der Waals surface area contributed by atoms with Crippen molar-refractivity contribution in [1.29, 1.82) is 0 Å². The molecule has 0 fully saturated rings. The molecule has 1 N–H and O–H groups in total. The number of hydrogen-bond donors (Lipinski definition) is 1. The topological polar surface area (TPSA) is 21.3 Å². The minimum Gasteiger partial charge on any atom is -0.383 e. The Morgan fingerprint density at radius 2 is 2.37 bits per heavy atom. The molecule has 2 rings (SSSR count). The Bertz CT molecular complexity index is 407. The van der Waals surface area contributed by atoms with E-state index in [1.807, 2.05) is 17.8 Å². The summed E-state index contributed by atoms with van der Waals surface area (Å²) in [4.78, 5) is 1.36. The molecule has 19 heavy (non-hydrogen) atoms. The van der Waals surface area contributed by atoms with Crippen LogP contribution < -0.4 is 5.32 Å². The number of ether oxygens (including phenoxy) is 1. The van der Waals surface area contributed by atoms with E-state index in [1.54, 1.807) is 7.11 Å². The maximum atomic E-state index is 6.14. The number of halogens is 1. The van der Waals surface area contributed by atoms with Gasteiger partial charge in [0.05, 0.1) is 6.61 Å². The van der Waals surface area contributed by atoms with Crippen LogP contribution in [0.15, 0.2) is 23.1 Å². The lowest BCUT2D eigenvalue weighted by molar-refractivity contribution is 0.155. The number of hydrogen-bond acceptors (Lipinski definition) is 3. The molecule has 0 saturated heterocycles. The van der Waals surface area contributed by atoms with Crippen molar-refractivity contribution >= 4 is 23.4 Å². The molecule has 2 unspecified atom stereocenters. The van der Waals surface area contributed by atoms with Crippen molar-refractivity contribution in [3.8, 4) is 0 Å². The second-order valence-corrected chi connectivity index (χ2v) is 6.55. The van der Waals surface area contributed by atoms with Crippen LogP contribution in [0.5, 0.6) is 0 Å². The summed E-state index contributed by atoms with van der Waals surface area (Å²) in [6.45, 7) is 2.99. The molecule has 2 nitrogen and oxygen atoms in total. The van der Waals surface area contributed by atoms with Crippen molar-refractivity contribution in [2.24, 2.45) is 0 Å². The van der Waals surface area contributed by atoms with Crippen LogP contribution >= 0.6 is 23.4 Å². The van der Waals surface area contributed by atoms with Gasteiger partial charge in [-0.3, -0.25) is 0 Å². The number of thioether (sulfide) groups is 1. The lowest BCUT2D eigenvalue weighted by Gasteiger charge is -2.30. The largest absolute Gasteiger partial charge is 0.383 e. The van der Waals surface area contributed by atoms with Crippen LogP contribution in [-0.4, -0.2) is 25.5 Å². The van der Waals surface area contributed by atoms with Crippen LogP contribution in [0.3, 0.4) is 0 Å². The molecule has 0 radical (unpaired) electrons. The van der Waals surface area contributed by atoms with Crippen LogP contribution in [0, 0.1) is 0 Å². The van der Waals surface area contributed by atoms with E-state index in [2.05, 4.69) is 24.4 Å². The highest BCUT2D eigenvalue weighted by Crippen LogP contribution is 2.37. The predicted molar refractivity (Wildman–Crippen MR) is 83.2 cm³/mol. The third-order valence-electron chi connectivity index (χ3n) is 3.45. The van der Waals surface area contributed by atoms with Gasteiger partial charge < -0.3 is 10.1 Å². The Hall–Kier alpha value is -0.220. The van der Waals surface area contributed by atoms with Crippen LogP contribution in [0.25, 0.3) is 0 Å². The van der Waals surface area contributed by atoms with E-state index in [4.69, 9.17) is 16.3 Å². The Balaban J connectivity index is 2.11. The van der Waals surface area contributed by atoms with Gasteiger partial charge in [0.15, 0.2) is 0 Å². The first-order valence-electron chi connectivity index (χ1n) is 6.91. The number of fused-ring (bicyclic) bond motifs is 1. The van der Waals surface area contributed by atoms with Crippen molar-refractivity contribution in [2.45, 2.75) is 43.2 Å². The van der Waals surface area contributed by atoms with Crippen LogP contribution in [-0.2, 0) is 4.74 Å². The fourth-order valence-corrected chi connectivity index (χ4v) is 3.87. The van der Waals surface area contributed by atoms with Crippen molar-refractivity contribution in [2.75, 3.05) is 19.5 Å². The lowest BCUT2D eigenvalue weighted by Crippen LogP contribution is -2.37. The predicted octanol–water partition coefficient (Wildman–Crippen LogP) is 4.28. The van der Waals surface area contributed by atoms with E-state index in [9.17, 15) is 0 Å². The monoisotopic (exact) mass is 299 g/mol.